The van der Waals surface area contributed by atoms with Crippen LogP contribution >= 0.6 is 27.3 Å². The van der Waals surface area contributed by atoms with Gasteiger partial charge in [-0.2, -0.15) is 4.31 Å². The molecule has 1 aromatic rings. The van der Waals surface area contributed by atoms with Crippen molar-refractivity contribution in [2.45, 2.75) is 4.21 Å². The molecule has 0 atom stereocenters. The Morgan fingerprint density at radius 3 is 2.77 bits per heavy atom. The minimum atomic E-state index is -3.24. The van der Waals surface area contributed by atoms with Crippen molar-refractivity contribution < 1.29 is 8.42 Å². The molecule has 0 radical (unpaired) electrons. The summed E-state index contributed by atoms with van der Waals surface area (Å²) >= 11 is 4.44. The number of rotatable bonds is 4. The van der Waals surface area contributed by atoms with E-state index in [0.717, 1.165) is 0 Å². The number of hydrogen-bond acceptors (Lipinski definition) is 3. The smallest absolute Gasteiger partial charge is 0.206 e. The summed E-state index contributed by atoms with van der Waals surface area (Å²) in [5.74, 6) is 0. The molecule has 1 aromatic heterocycles. The highest BCUT2D eigenvalue weighted by Gasteiger charge is 2.20. The molecule has 0 N–H and O–H groups in total. The number of nitrogens with zero attached hydrogens (tertiary/aromatic N) is 1. The van der Waals surface area contributed by atoms with Gasteiger partial charge in [0.25, 0.3) is 10.0 Å². The topological polar surface area (TPSA) is 37.4 Å². The van der Waals surface area contributed by atoms with E-state index in [9.17, 15) is 8.42 Å². The van der Waals surface area contributed by atoms with Gasteiger partial charge in [0, 0.05) is 18.9 Å². The zero-order chi connectivity index (χ0) is 9.90. The maximum Gasteiger partial charge on any atom is 0.252 e. The quantitative estimate of drug-likeness (QED) is 0.790. The summed E-state index contributed by atoms with van der Waals surface area (Å²) in [5, 5.41) is 2.41. The monoisotopic (exact) mass is 283 g/mol. The fourth-order valence-electron chi connectivity index (χ4n) is 0.803. The summed E-state index contributed by atoms with van der Waals surface area (Å²) in [5.41, 5.74) is 0. The van der Waals surface area contributed by atoms with Gasteiger partial charge < -0.3 is 0 Å². The zero-order valence-corrected chi connectivity index (χ0v) is 10.3. The summed E-state index contributed by atoms with van der Waals surface area (Å²) in [6.45, 7) is 0.486. The molecule has 0 amide bonds. The van der Waals surface area contributed by atoms with E-state index in [4.69, 9.17) is 0 Å². The zero-order valence-electron chi connectivity index (χ0n) is 7.10. The second-order valence-electron chi connectivity index (χ2n) is 2.45. The Hall–Kier alpha value is 0.0900. The average molecular weight is 284 g/mol. The van der Waals surface area contributed by atoms with Crippen LogP contribution in [0.3, 0.4) is 0 Å². The molecular formula is C7H10BrNO2S2. The van der Waals surface area contributed by atoms with Crippen molar-refractivity contribution in [1.82, 2.24) is 4.31 Å². The van der Waals surface area contributed by atoms with Gasteiger partial charge in [0.15, 0.2) is 0 Å². The van der Waals surface area contributed by atoms with Crippen LogP contribution in [0.4, 0.5) is 0 Å². The standard InChI is InChI=1S/C7H10BrNO2S2/c1-9(5-4-8)13(10,11)7-3-2-6-12-7/h2-3,6H,4-5H2,1H3. The van der Waals surface area contributed by atoms with E-state index < -0.39 is 10.0 Å². The lowest BCUT2D eigenvalue weighted by Gasteiger charge is -2.13. The van der Waals surface area contributed by atoms with Crippen LogP contribution in [0, 0.1) is 0 Å². The number of thiophene rings is 1. The predicted octanol–water partition coefficient (Wildman–Crippen LogP) is 1.76. The van der Waals surface area contributed by atoms with Crippen molar-refractivity contribution in [2.75, 3.05) is 18.9 Å². The molecule has 0 fully saturated rings. The first kappa shape index (κ1) is 11.2. The van der Waals surface area contributed by atoms with E-state index in [1.165, 1.54) is 15.6 Å². The highest BCUT2D eigenvalue weighted by atomic mass is 79.9. The molecule has 0 saturated carbocycles. The van der Waals surface area contributed by atoms with Crippen LogP contribution in [0.25, 0.3) is 0 Å². The number of sulfonamides is 1. The van der Waals surface area contributed by atoms with Gasteiger partial charge in [-0.3, -0.25) is 0 Å². The molecule has 0 bridgehead atoms. The van der Waals surface area contributed by atoms with Crippen LogP contribution < -0.4 is 0 Å². The van der Waals surface area contributed by atoms with E-state index in [-0.39, 0.29) is 0 Å². The third-order valence-electron chi connectivity index (χ3n) is 1.56. The second kappa shape index (κ2) is 4.54. The van der Waals surface area contributed by atoms with Crippen LogP contribution in [-0.4, -0.2) is 31.6 Å². The molecule has 13 heavy (non-hydrogen) atoms. The molecular weight excluding hydrogens is 274 g/mol. The number of halogens is 1. The maximum atomic E-state index is 11.7. The number of alkyl halides is 1. The SMILES string of the molecule is CN(CCBr)S(=O)(=O)c1cccs1. The Labute approximate surface area is 90.6 Å². The lowest BCUT2D eigenvalue weighted by molar-refractivity contribution is 0.491. The summed E-state index contributed by atoms with van der Waals surface area (Å²) in [4.78, 5) is 0. The van der Waals surface area contributed by atoms with Gasteiger partial charge in [0.05, 0.1) is 0 Å². The molecule has 0 saturated heterocycles. The molecule has 0 aliphatic heterocycles. The van der Waals surface area contributed by atoms with Crippen molar-refractivity contribution in [3.05, 3.63) is 17.5 Å². The third-order valence-corrected chi connectivity index (χ3v) is 5.14. The maximum absolute atomic E-state index is 11.7. The Kier molecular flexibility index (Phi) is 3.90. The van der Waals surface area contributed by atoms with Crippen LogP contribution in [-0.2, 0) is 10.0 Å². The van der Waals surface area contributed by atoms with Crippen molar-refractivity contribution >= 4 is 37.3 Å². The van der Waals surface area contributed by atoms with Gasteiger partial charge in [-0.25, -0.2) is 8.42 Å². The van der Waals surface area contributed by atoms with Gasteiger partial charge in [0.1, 0.15) is 4.21 Å². The lowest BCUT2D eigenvalue weighted by atomic mass is 10.7. The molecule has 74 valence electrons. The predicted molar refractivity (Wildman–Crippen MR) is 57.9 cm³/mol. The molecule has 0 spiro atoms. The fraction of sp³-hybridized carbons (Fsp3) is 0.429. The average Bonchev–Trinajstić information content (AvgIpc) is 2.56. The number of hydrogen-bond donors (Lipinski definition) is 0. The third kappa shape index (κ3) is 2.52. The highest BCUT2D eigenvalue weighted by molar-refractivity contribution is 9.09. The molecule has 0 aliphatic rings. The molecule has 0 aliphatic carbocycles. The Morgan fingerprint density at radius 1 is 1.62 bits per heavy atom. The first-order valence-electron chi connectivity index (χ1n) is 3.65. The molecule has 0 unspecified atom stereocenters. The van der Waals surface area contributed by atoms with Gasteiger partial charge >= 0.3 is 0 Å². The summed E-state index contributed by atoms with van der Waals surface area (Å²) in [7, 11) is -1.66. The van der Waals surface area contributed by atoms with Crippen LogP contribution in [0.1, 0.15) is 0 Å². The van der Waals surface area contributed by atoms with E-state index in [1.807, 2.05) is 0 Å². The molecule has 3 nitrogen and oxygen atoms in total. The Bertz CT molecular complexity index is 347. The largest absolute Gasteiger partial charge is 0.252 e. The lowest BCUT2D eigenvalue weighted by Crippen LogP contribution is -2.27. The summed E-state index contributed by atoms with van der Waals surface area (Å²) < 4.78 is 25.1. The Morgan fingerprint density at radius 2 is 2.31 bits per heavy atom. The van der Waals surface area contributed by atoms with Gasteiger partial charge in [-0.15, -0.1) is 11.3 Å². The molecule has 6 heteroatoms. The van der Waals surface area contributed by atoms with Gasteiger partial charge in [-0.05, 0) is 11.4 Å². The molecule has 0 aromatic carbocycles. The fourth-order valence-corrected chi connectivity index (χ4v) is 3.94. The van der Waals surface area contributed by atoms with Crippen LogP contribution in [0.2, 0.25) is 0 Å². The van der Waals surface area contributed by atoms with E-state index in [0.29, 0.717) is 16.1 Å². The van der Waals surface area contributed by atoms with Crippen LogP contribution in [0.15, 0.2) is 21.7 Å². The molecule has 1 rings (SSSR count). The highest BCUT2D eigenvalue weighted by Crippen LogP contribution is 2.19. The van der Waals surface area contributed by atoms with Gasteiger partial charge in [-0.1, -0.05) is 22.0 Å². The molecule has 1 heterocycles. The van der Waals surface area contributed by atoms with Crippen LogP contribution in [0.5, 0.6) is 0 Å². The van der Waals surface area contributed by atoms with E-state index in [1.54, 1.807) is 24.6 Å². The van der Waals surface area contributed by atoms with Gasteiger partial charge in [0.2, 0.25) is 0 Å². The van der Waals surface area contributed by atoms with Crippen molar-refractivity contribution in [3.63, 3.8) is 0 Å². The minimum absolute atomic E-state index is 0.399. The normalized spacial score (nSPS) is 12.2. The summed E-state index contributed by atoms with van der Waals surface area (Å²) in [6, 6.07) is 3.35. The van der Waals surface area contributed by atoms with Crippen molar-refractivity contribution in [1.29, 1.82) is 0 Å². The van der Waals surface area contributed by atoms with Crippen molar-refractivity contribution in [2.24, 2.45) is 0 Å². The summed E-state index contributed by atoms with van der Waals surface area (Å²) in [6.07, 6.45) is 0. The first-order valence-corrected chi connectivity index (χ1v) is 7.09. The van der Waals surface area contributed by atoms with Crippen molar-refractivity contribution in [3.8, 4) is 0 Å². The van der Waals surface area contributed by atoms with E-state index in [2.05, 4.69) is 15.9 Å². The second-order valence-corrected chi connectivity index (χ2v) is 6.46. The first-order chi connectivity index (χ1) is 6.09. The Balaban J connectivity index is 2.90. The van der Waals surface area contributed by atoms with E-state index >= 15 is 0 Å². The minimum Gasteiger partial charge on any atom is -0.206 e.